The minimum absolute atomic E-state index is 0.224. The van der Waals surface area contributed by atoms with Crippen molar-refractivity contribution in [3.63, 3.8) is 0 Å². The predicted octanol–water partition coefficient (Wildman–Crippen LogP) is 7.43. The summed E-state index contributed by atoms with van der Waals surface area (Å²) in [4.78, 5) is 0. The van der Waals surface area contributed by atoms with Crippen LogP contribution in [0.1, 0.15) is 32.8 Å². The molecule has 122 valence electrons. The Bertz CT molecular complexity index is 795. The van der Waals surface area contributed by atoms with Crippen LogP contribution in [-0.4, -0.2) is 0 Å². The van der Waals surface area contributed by atoms with Crippen molar-refractivity contribution in [3.05, 3.63) is 88.4 Å². The summed E-state index contributed by atoms with van der Waals surface area (Å²) < 4.78 is 1.11. The number of allylic oxidation sites excluding steroid dienone is 6. The van der Waals surface area contributed by atoms with E-state index in [9.17, 15) is 0 Å². The van der Waals surface area contributed by atoms with Crippen LogP contribution in [0.4, 0.5) is 0 Å². The van der Waals surface area contributed by atoms with Gasteiger partial charge in [-0.1, -0.05) is 103 Å². The summed E-state index contributed by atoms with van der Waals surface area (Å²) in [6, 6.07) is 17.3. The molecule has 1 aliphatic carbocycles. The first-order chi connectivity index (χ1) is 11.4. The average Bonchev–Trinajstić information content (AvgIpc) is 2.82. The highest BCUT2D eigenvalue weighted by molar-refractivity contribution is 9.10. The molecule has 0 aliphatic heterocycles. The summed E-state index contributed by atoms with van der Waals surface area (Å²) in [5.74, 6) is 0. The zero-order chi connectivity index (χ0) is 17.2. The zero-order valence-corrected chi connectivity index (χ0v) is 16.1. The molecule has 0 N–H and O–H groups in total. The lowest BCUT2D eigenvalue weighted by Gasteiger charge is -2.21. The molecule has 1 heteroatoms. The van der Waals surface area contributed by atoms with Crippen molar-refractivity contribution in [3.8, 4) is 11.1 Å². The van der Waals surface area contributed by atoms with Crippen LogP contribution >= 0.6 is 15.9 Å². The second-order valence-corrected chi connectivity index (χ2v) is 8.17. The maximum Gasteiger partial charge on any atom is 0.0175 e. The van der Waals surface area contributed by atoms with Crippen molar-refractivity contribution in [2.24, 2.45) is 5.41 Å². The fourth-order valence-corrected chi connectivity index (χ4v) is 3.14. The van der Waals surface area contributed by atoms with Crippen LogP contribution < -0.4 is 0 Å². The van der Waals surface area contributed by atoms with Crippen molar-refractivity contribution < 1.29 is 0 Å². The van der Waals surface area contributed by atoms with Crippen molar-refractivity contribution in [2.75, 3.05) is 0 Å². The number of hydrogen-bond acceptors (Lipinski definition) is 0. The zero-order valence-electron chi connectivity index (χ0n) is 14.5. The van der Waals surface area contributed by atoms with Gasteiger partial charge in [-0.3, -0.25) is 0 Å². The fraction of sp³-hybridized carbons (Fsp3) is 0.217. The Labute approximate surface area is 153 Å². The summed E-state index contributed by atoms with van der Waals surface area (Å²) >= 11 is 3.49. The summed E-state index contributed by atoms with van der Waals surface area (Å²) in [5.41, 5.74) is 6.72. The third-order valence-corrected chi connectivity index (χ3v) is 4.99. The monoisotopic (exact) mass is 378 g/mol. The molecule has 3 rings (SSSR count). The van der Waals surface area contributed by atoms with E-state index < -0.39 is 0 Å². The third kappa shape index (κ3) is 3.96. The molecule has 0 nitrogen and oxygen atoms in total. The topological polar surface area (TPSA) is 0 Å². The van der Waals surface area contributed by atoms with Gasteiger partial charge in [0.05, 0.1) is 0 Å². The van der Waals surface area contributed by atoms with Crippen LogP contribution in [0.5, 0.6) is 0 Å². The van der Waals surface area contributed by atoms with E-state index in [-0.39, 0.29) is 5.41 Å². The predicted molar refractivity (Wildman–Crippen MR) is 109 cm³/mol. The van der Waals surface area contributed by atoms with Crippen LogP contribution in [0, 0.1) is 5.41 Å². The van der Waals surface area contributed by atoms with Gasteiger partial charge in [0.15, 0.2) is 0 Å². The first kappa shape index (κ1) is 17.0. The molecule has 2 aromatic rings. The van der Waals surface area contributed by atoms with Gasteiger partial charge >= 0.3 is 0 Å². The Kier molecular flexibility index (Phi) is 4.91. The summed E-state index contributed by atoms with van der Waals surface area (Å²) in [6.45, 7) is 6.83. The van der Waals surface area contributed by atoms with Crippen molar-refractivity contribution in [2.45, 2.75) is 27.2 Å². The van der Waals surface area contributed by atoms with Gasteiger partial charge < -0.3 is 0 Å². The Balaban J connectivity index is 1.87. The van der Waals surface area contributed by atoms with E-state index in [0.717, 1.165) is 10.9 Å². The Morgan fingerprint density at radius 3 is 1.88 bits per heavy atom. The van der Waals surface area contributed by atoms with E-state index >= 15 is 0 Å². The number of benzene rings is 2. The van der Waals surface area contributed by atoms with E-state index in [2.05, 4.69) is 110 Å². The highest BCUT2D eigenvalue weighted by Crippen LogP contribution is 2.32. The SMILES string of the molecule is CC(C)(C)C1=CC=C(c2ccc(-c3ccc(Br)cc3)cc2)C=CC1. The smallest absolute Gasteiger partial charge is 0.0175 e. The highest BCUT2D eigenvalue weighted by Gasteiger charge is 2.16. The third-order valence-electron chi connectivity index (χ3n) is 4.46. The minimum atomic E-state index is 0.224. The van der Waals surface area contributed by atoms with E-state index in [4.69, 9.17) is 0 Å². The number of rotatable bonds is 2. The summed E-state index contributed by atoms with van der Waals surface area (Å²) in [7, 11) is 0. The maximum atomic E-state index is 3.49. The summed E-state index contributed by atoms with van der Waals surface area (Å²) in [6.07, 6.45) is 10.1. The molecule has 0 spiro atoms. The summed E-state index contributed by atoms with van der Waals surface area (Å²) in [5, 5.41) is 0. The van der Waals surface area contributed by atoms with E-state index in [1.165, 1.54) is 27.8 Å². The second kappa shape index (κ2) is 6.94. The minimum Gasteiger partial charge on any atom is -0.0798 e. The largest absolute Gasteiger partial charge is 0.0798 e. The molecule has 0 aromatic heterocycles. The molecule has 0 atom stereocenters. The van der Waals surface area contributed by atoms with Gasteiger partial charge in [0.25, 0.3) is 0 Å². The van der Waals surface area contributed by atoms with Crippen LogP contribution in [0.25, 0.3) is 16.7 Å². The van der Waals surface area contributed by atoms with E-state index in [1.807, 2.05) is 0 Å². The quantitative estimate of drug-likeness (QED) is 0.509. The van der Waals surface area contributed by atoms with Crippen molar-refractivity contribution in [1.82, 2.24) is 0 Å². The van der Waals surface area contributed by atoms with Crippen LogP contribution in [0.15, 0.2) is 82.9 Å². The van der Waals surface area contributed by atoms with Crippen molar-refractivity contribution in [1.29, 1.82) is 0 Å². The van der Waals surface area contributed by atoms with Gasteiger partial charge in [-0.2, -0.15) is 0 Å². The van der Waals surface area contributed by atoms with Gasteiger partial charge in [-0.15, -0.1) is 0 Å². The number of halogens is 1. The lowest BCUT2D eigenvalue weighted by Crippen LogP contribution is -2.08. The molecule has 0 saturated heterocycles. The van der Waals surface area contributed by atoms with Gasteiger partial charge in [-0.25, -0.2) is 0 Å². The molecule has 1 aliphatic rings. The highest BCUT2D eigenvalue weighted by atomic mass is 79.9. The molecule has 0 bridgehead atoms. The van der Waals surface area contributed by atoms with Crippen LogP contribution in [0.3, 0.4) is 0 Å². The maximum absolute atomic E-state index is 3.49. The van der Waals surface area contributed by atoms with Gasteiger partial charge in [-0.05, 0) is 46.2 Å². The molecule has 0 heterocycles. The van der Waals surface area contributed by atoms with Crippen LogP contribution in [-0.2, 0) is 0 Å². The molecular weight excluding hydrogens is 356 g/mol. The normalized spacial score (nSPS) is 14.8. The molecule has 24 heavy (non-hydrogen) atoms. The lowest BCUT2D eigenvalue weighted by atomic mass is 9.84. The first-order valence-electron chi connectivity index (χ1n) is 8.38. The number of hydrogen-bond donors (Lipinski definition) is 0. The fourth-order valence-electron chi connectivity index (χ4n) is 2.87. The molecular formula is C23H23Br. The lowest BCUT2D eigenvalue weighted by molar-refractivity contribution is 0.494. The molecule has 2 aromatic carbocycles. The molecule has 0 radical (unpaired) electrons. The molecule has 0 saturated carbocycles. The van der Waals surface area contributed by atoms with Gasteiger partial charge in [0.1, 0.15) is 0 Å². The first-order valence-corrected chi connectivity index (χ1v) is 9.17. The molecule has 0 unspecified atom stereocenters. The van der Waals surface area contributed by atoms with Gasteiger partial charge in [0.2, 0.25) is 0 Å². The Morgan fingerprint density at radius 2 is 1.29 bits per heavy atom. The Morgan fingerprint density at radius 1 is 0.750 bits per heavy atom. The Hall–Kier alpha value is -1.86. The van der Waals surface area contributed by atoms with Crippen molar-refractivity contribution >= 4 is 21.5 Å². The molecule has 0 amide bonds. The van der Waals surface area contributed by atoms with E-state index in [0.29, 0.717) is 0 Å². The van der Waals surface area contributed by atoms with Crippen LogP contribution in [0.2, 0.25) is 0 Å². The average molecular weight is 379 g/mol. The van der Waals surface area contributed by atoms with Gasteiger partial charge in [0, 0.05) is 4.47 Å². The second-order valence-electron chi connectivity index (χ2n) is 7.25. The molecule has 0 fully saturated rings. The standard InChI is InChI=1S/C23H23Br/c1-23(2,3)21-6-4-5-17(11-14-21)18-7-9-19(10-8-18)20-12-15-22(24)16-13-20/h4-5,7-16H,6H2,1-3H3. The van der Waals surface area contributed by atoms with E-state index in [1.54, 1.807) is 0 Å².